The number of ketones is 1. The normalized spacial score (nSPS) is 15.1. The third-order valence-corrected chi connectivity index (χ3v) is 2.24. The number of allylic oxidation sites excluding steroid dienone is 1. The minimum absolute atomic E-state index is 0.266. The molecule has 8 heteroatoms. The third kappa shape index (κ3) is 3.15. The van der Waals surface area contributed by atoms with E-state index in [1.54, 1.807) is 0 Å². The summed E-state index contributed by atoms with van der Waals surface area (Å²) in [6.07, 6.45) is -4.94. The summed E-state index contributed by atoms with van der Waals surface area (Å²) in [7, 11) is -4.98. The van der Waals surface area contributed by atoms with E-state index in [1.807, 2.05) is 0 Å². The van der Waals surface area contributed by atoms with E-state index >= 15 is 0 Å². The molecule has 4 nitrogen and oxygen atoms in total. The molecule has 0 heterocycles. The predicted molar refractivity (Wildman–Crippen MR) is 38.2 cm³/mol. The van der Waals surface area contributed by atoms with Crippen LogP contribution in [0.5, 0.6) is 0 Å². The van der Waals surface area contributed by atoms with Crippen LogP contribution in [0.3, 0.4) is 0 Å². The van der Waals surface area contributed by atoms with E-state index in [4.69, 9.17) is 0 Å². The number of primary sulfonamides is 1. The molecule has 0 aromatic rings. The first-order valence-corrected chi connectivity index (χ1v) is 4.46. The quantitative estimate of drug-likeness (QED) is 0.674. The lowest BCUT2D eigenvalue weighted by Crippen LogP contribution is -2.45. The number of carbonyl (C=O) groups excluding carboxylic acids is 1. The average Bonchev–Trinajstić information content (AvgIpc) is 1.80. The second-order valence-corrected chi connectivity index (χ2v) is 3.77. The molecule has 0 fully saturated rings. The summed E-state index contributed by atoms with van der Waals surface area (Å²) < 4.78 is 56.5. The molecule has 0 aromatic heterocycles. The average molecular weight is 217 g/mol. The number of hydrogen-bond acceptors (Lipinski definition) is 3. The number of rotatable bonds is 3. The molecule has 0 saturated heterocycles. The van der Waals surface area contributed by atoms with Crippen molar-refractivity contribution in [3.05, 3.63) is 12.7 Å². The van der Waals surface area contributed by atoms with Crippen molar-refractivity contribution in [2.45, 2.75) is 11.4 Å². The molecule has 0 aliphatic carbocycles. The van der Waals surface area contributed by atoms with E-state index in [1.165, 1.54) is 0 Å². The Kier molecular flexibility index (Phi) is 3.23. The molecule has 2 N–H and O–H groups in total. The van der Waals surface area contributed by atoms with E-state index in [0.29, 0.717) is 0 Å². The number of hydrogen-bond donors (Lipinski definition) is 1. The van der Waals surface area contributed by atoms with E-state index in [9.17, 15) is 26.4 Å². The van der Waals surface area contributed by atoms with Crippen molar-refractivity contribution in [2.75, 3.05) is 0 Å². The maximum atomic E-state index is 11.9. The molecule has 0 saturated carbocycles. The van der Waals surface area contributed by atoms with Gasteiger partial charge in [-0.25, -0.2) is 13.6 Å². The highest BCUT2D eigenvalue weighted by Crippen LogP contribution is 2.25. The van der Waals surface area contributed by atoms with Crippen molar-refractivity contribution in [2.24, 2.45) is 5.14 Å². The molecule has 0 rings (SSSR count). The largest absolute Gasteiger partial charge is 0.414 e. The lowest BCUT2D eigenvalue weighted by Gasteiger charge is -2.14. The van der Waals surface area contributed by atoms with Crippen LogP contribution in [0.2, 0.25) is 0 Å². The topological polar surface area (TPSA) is 77.2 Å². The molecule has 13 heavy (non-hydrogen) atoms. The summed E-state index contributed by atoms with van der Waals surface area (Å²) in [4.78, 5) is 10.5. The van der Waals surface area contributed by atoms with Gasteiger partial charge in [0.25, 0.3) is 0 Å². The molecule has 0 radical (unpaired) electrons. The molecule has 1 unspecified atom stereocenters. The van der Waals surface area contributed by atoms with Crippen LogP contribution in [-0.4, -0.2) is 25.6 Å². The minimum atomic E-state index is -5.21. The molecule has 0 aliphatic rings. The number of sulfonamides is 1. The van der Waals surface area contributed by atoms with Gasteiger partial charge in [0.2, 0.25) is 15.3 Å². The number of nitrogens with two attached hydrogens (primary N) is 1. The van der Waals surface area contributed by atoms with Crippen LogP contribution < -0.4 is 5.14 Å². The van der Waals surface area contributed by atoms with Gasteiger partial charge in [0.05, 0.1) is 0 Å². The third-order valence-electron chi connectivity index (χ3n) is 1.09. The van der Waals surface area contributed by atoms with Crippen LogP contribution in [0.1, 0.15) is 0 Å². The zero-order valence-electron chi connectivity index (χ0n) is 6.21. The first-order chi connectivity index (χ1) is 5.60. The van der Waals surface area contributed by atoms with Gasteiger partial charge in [-0.1, -0.05) is 6.58 Å². The molecular weight excluding hydrogens is 211 g/mol. The Morgan fingerprint density at radius 1 is 1.46 bits per heavy atom. The van der Waals surface area contributed by atoms with Crippen molar-refractivity contribution < 1.29 is 26.4 Å². The summed E-state index contributed by atoms with van der Waals surface area (Å²) >= 11 is 0. The zero-order valence-corrected chi connectivity index (χ0v) is 7.02. The van der Waals surface area contributed by atoms with Gasteiger partial charge in [-0.2, -0.15) is 13.2 Å². The molecule has 76 valence electrons. The summed E-state index contributed by atoms with van der Waals surface area (Å²) in [6, 6.07) is 0. The molecule has 0 bridgehead atoms. The highest BCUT2D eigenvalue weighted by atomic mass is 32.2. The highest BCUT2D eigenvalue weighted by Gasteiger charge is 2.51. The van der Waals surface area contributed by atoms with Gasteiger partial charge in [0, 0.05) is 0 Å². The van der Waals surface area contributed by atoms with Gasteiger partial charge >= 0.3 is 6.18 Å². The molecule has 0 spiro atoms. The summed E-state index contributed by atoms with van der Waals surface area (Å²) in [5, 5.41) is 1.02. The van der Waals surface area contributed by atoms with E-state index in [2.05, 4.69) is 11.7 Å². The van der Waals surface area contributed by atoms with Crippen LogP contribution in [0.15, 0.2) is 12.7 Å². The lowest BCUT2D eigenvalue weighted by molar-refractivity contribution is -0.146. The van der Waals surface area contributed by atoms with E-state index < -0.39 is 27.2 Å². The maximum absolute atomic E-state index is 11.9. The fraction of sp³-hybridized carbons (Fsp3) is 0.400. The van der Waals surface area contributed by atoms with Crippen molar-refractivity contribution in [3.63, 3.8) is 0 Å². The Morgan fingerprint density at radius 2 is 1.85 bits per heavy atom. The fourth-order valence-electron chi connectivity index (χ4n) is 0.617. The van der Waals surface area contributed by atoms with Crippen LogP contribution >= 0.6 is 0 Å². The van der Waals surface area contributed by atoms with Crippen LogP contribution in [-0.2, 0) is 14.8 Å². The van der Waals surface area contributed by atoms with Crippen LogP contribution in [0.25, 0.3) is 0 Å². The van der Waals surface area contributed by atoms with Gasteiger partial charge in [-0.3, -0.25) is 4.79 Å². The molecular formula is C5H6F3NO3S. The monoisotopic (exact) mass is 217 g/mol. The minimum Gasteiger partial charge on any atom is -0.293 e. The van der Waals surface area contributed by atoms with E-state index in [0.717, 1.165) is 0 Å². The highest BCUT2D eigenvalue weighted by molar-refractivity contribution is 7.90. The second kappa shape index (κ2) is 3.46. The Balaban J connectivity index is 5.25. The number of alkyl halides is 3. The SMILES string of the molecule is C=CC(=O)C(C(F)(F)F)S(N)(=O)=O. The van der Waals surface area contributed by atoms with Gasteiger partial charge in [-0.05, 0) is 6.08 Å². The van der Waals surface area contributed by atoms with Crippen molar-refractivity contribution in [1.82, 2.24) is 0 Å². The van der Waals surface area contributed by atoms with Crippen molar-refractivity contribution in [3.8, 4) is 0 Å². The second-order valence-electron chi connectivity index (χ2n) is 2.12. The van der Waals surface area contributed by atoms with Gasteiger partial charge in [-0.15, -0.1) is 0 Å². The molecule has 1 atom stereocenters. The lowest BCUT2D eigenvalue weighted by atomic mass is 10.3. The van der Waals surface area contributed by atoms with Crippen LogP contribution in [0.4, 0.5) is 13.2 Å². The van der Waals surface area contributed by atoms with Crippen LogP contribution in [0, 0.1) is 0 Å². The molecule has 0 aliphatic heterocycles. The summed E-state index contributed by atoms with van der Waals surface area (Å²) in [6.45, 7) is 2.74. The first kappa shape index (κ1) is 12.1. The Morgan fingerprint density at radius 3 is 1.92 bits per heavy atom. The van der Waals surface area contributed by atoms with Gasteiger partial charge < -0.3 is 0 Å². The van der Waals surface area contributed by atoms with Gasteiger partial charge in [0.15, 0.2) is 5.78 Å². The van der Waals surface area contributed by atoms with Crippen molar-refractivity contribution in [1.29, 1.82) is 0 Å². The molecule has 0 aromatic carbocycles. The summed E-state index contributed by atoms with van der Waals surface area (Å²) in [5.74, 6) is -1.69. The maximum Gasteiger partial charge on any atom is 0.414 e. The fourth-order valence-corrected chi connectivity index (χ4v) is 1.41. The number of halogens is 3. The first-order valence-electron chi connectivity index (χ1n) is 2.85. The van der Waals surface area contributed by atoms with E-state index in [-0.39, 0.29) is 6.08 Å². The Labute approximate surface area is 72.3 Å². The Bertz CT molecular complexity index is 318. The smallest absolute Gasteiger partial charge is 0.293 e. The number of carbonyl (C=O) groups is 1. The summed E-state index contributed by atoms with van der Waals surface area (Å²) in [5.41, 5.74) is 0. The Hall–Kier alpha value is -0.890. The molecule has 0 amide bonds. The predicted octanol–water partition coefficient (Wildman–Crippen LogP) is -0.0391. The standard InChI is InChI=1S/C5H6F3NO3S/c1-2-3(10)4(5(6,7)8)13(9,11)12/h2,4H,1H2,(H2,9,11,12). The van der Waals surface area contributed by atoms with Crippen molar-refractivity contribution >= 4 is 15.8 Å². The van der Waals surface area contributed by atoms with Gasteiger partial charge in [0.1, 0.15) is 0 Å². The zero-order chi connectivity index (χ0) is 10.9.